The minimum absolute atomic E-state index is 0.0242. The van der Waals surface area contributed by atoms with Crippen molar-refractivity contribution in [2.45, 2.75) is 6.04 Å². The van der Waals surface area contributed by atoms with Gasteiger partial charge in [0.15, 0.2) is 5.78 Å². The number of nitrogens with one attached hydrogen (secondary N) is 1. The topological polar surface area (TPSA) is 66.4 Å². The molecule has 0 saturated heterocycles. The van der Waals surface area contributed by atoms with Crippen molar-refractivity contribution in [2.75, 3.05) is 12.3 Å². The zero-order valence-electron chi connectivity index (χ0n) is 11.0. The normalized spacial score (nSPS) is 12.3. The molecule has 0 aliphatic heterocycles. The lowest BCUT2D eigenvalue weighted by atomic mass is 10.0. The molecule has 0 fully saturated rings. The number of aliphatic carboxylic acids is 1. The van der Waals surface area contributed by atoms with Crippen LogP contribution >= 0.6 is 12.6 Å². The number of hydrogen-bond donors (Lipinski definition) is 3. The molecule has 0 aromatic heterocycles. The first-order valence-corrected chi connectivity index (χ1v) is 6.95. The largest absolute Gasteiger partial charge is 0.480 e. The Hall–Kier alpha value is -1.92. The van der Waals surface area contributed by atoms with Crippen molar-refractivity contribution < 1.29 is 19.1 Å². The molecular weight excluding hydrogens is 293 g/mol. The van der Waals surface area contributed by atoms with Gasteiger partial charge in [-0.1, -0.05) is 30.3 Å². The molecule has 2 rings (SSSR count). The standard InChI is InChI=1S/C15H14FNO3S/c16-11-6-5-9-3-1-2-4-10(9)14(11)13(18)7-17-12(8-21)15(19)20/h1-6,12,17,21H,7-8H2,(H,19,20)/t12-/m1/s1. The smallest absolute Gasteiger partial charge is 0.321 e. The SMILES string of the molecule is O=C(CN[C@H](CS)C(=O)O)c1c(F)ccc2ccccc12. The van der Waals surface area contributed by atoms with Gasteiger partial charge in [0.25, 0.3) is 0 Å². The summed E-state index contributed by atoms with van der Waals surface area (Å²) < 4.78 is 14.0. The average molecular weight is 307 g/mol. The van der Waals surface area contributed by atoms with Crippen LogP contribution in [0.2, 0.25) is 0 Å². The second-order valence-electron chi connectivity index (χ2n) is 4.52. The second kappa shape index (κ2) is 6.69. The highest BCUT2D eigenvalue weighted by Gasteiger charge is 2.19. The van der Waals surface area contributed by atoms with E-state index in [4.69, 9.17) is 5.11 Å². The van der Waals surface area contributed by atoms with Crippen LogP contribution in [0.5, 0.6) is 0 Å². The van der Waals surface area contributed by atoms with Crippen LogP contribution in [0.15, 0.2) is 36.4 Å². The van der Waals surface area contributed by atoms with E-state index in [1.54, 1.807) is 30.3 Å². The number of Topliss-reactive ketones (excluding diaryl/α,β-unsaturated/α-hetero) is 1. The van der Waals surface area contributed by atoms with Gasteiger partial charge in [-0.2, -0.15) is 12.6 Å². The summed E-state index contributed by atoms with van der Waals surface area (Å²) in [6.07, 6.45) is 0. The third kappa shape index (κ3) is 3.40. The molecule has 0 amide bonds. The van der Waals surface area contributed by atoms with E-state index < -0.39 is 23.6 Å². The molecule has 0 unspecified atom stereocenters. The van der Waals surface area contributed by atoms with Gasteiger partial charge in [0, 0.05) is 5.75 Å². The summed E-state index contributed by atoms with van der Waals surface area (Å²) in [6.45, 7) is -0.261. The van der Waals surface area contributed by atoms with Gasteiger partial charge < -0.3 is 5.11 Å². The Bertz CT molecular complexity index is 690. The molecule has 2 aromatic carbocycles. The predicted octanol–water partition coefficient (Wildman–Crippen LogP) is 2.13. The summed E-state index contributed by atoms with van der Waals surface area (Å²) >= 11 is 3.90. The minimum atomic E-state index is -1.10. The molecule has 6 heteroatoms. The highest BCUT2D eigenvalue weighted by molar-refractivity contribution is 7.80. The van der Waals surface area contributed by atoms with E-state index in [-0.39, 0.29) is 17.9 Å². The molecule has 1 atom stereocenters. The molecular formula is C15H14FNO3S. The molecule has 4 nitrogen and oxygen atoms in total. The number of carbonyl (C=O) groups is 2. The van der Waals surface area contributed by atoms with Crippen molar-refractivity contribution in [3.05, 3.63) is 47.8 Å². The van der Waals surface area contributed by atoms with Gasteiger partial charge in [-0.3, -0.25) is 14.9 Å². The fourth-order valence-electron chi connectivity index (χ4n) is 2.06. The lowest BCUT2D eigenvalue weighted by Crippen LogP contribution is -2.41. The van der Waals surface area contributed by atoms with Gasteiger partial charge in [0.05, 0.1) is 12.1 Å². The molecule has 110 valence electrons. The number of carbonyl (C=O) groups excluding carboxylic acids is 1. The Morgan fingerprint density at radius 3 is 2.62 bits per heavy atom. The monoisotopic (exact) mass is 307 g/mol. The predicted molar refractivity (Wildman–Crippen MR) is 81.5 cm³/mol. The fraction of sp³-hybridized carbons (Fsp3) is 0.200. The number of carboxylic acids is 1. The third-order valence-electron chi connectivity index (χ3n) is 3.15. The second-order valence-corrected chi connectivity index (χ2v) is 4.89. The van der Waals surface area contributed by atoms with Gasteiger partial charge in [-0.25, -0.2) is 4.39 Å². The molecule has 2 aromatic rings. The Morgan fingerprint density at radius 1 is 1.24 bits per heavy atom. The lowest BCUT2D eigenvalue weighted by molar-refractivity contribution is -0.138. The first-order valence-electron chi connectivity index (χ1n) is 6.32. The maximum Gasteiger partial charge on any atom is 0.321 e. The first kappa shape index (κ1) is 15.5. The maximum absolute atomic E-state index is 14.0. The van der Waals surface area contributed by atoms with Gasteiger partial charge in [-0.15, -0.1) is 0 Å². The van der Waals surface area contributed by atoms with Crippen LogP contribution in [0.4, 0.5) is 4.39 Å². The number of carboxylic acid groups (broad SMARTS) is 1. The zero-order chi connectivity index (χ0) is 15.4. The lowest BCUT2D eigenvalue weighted by Gasteiger charge is -2.12. The highest BCUT2D eigenvalue weighted by Crippen LogP contribution is 2.21. The molecule has 0 bridgehead atoms. The summed E-state index contributed by atoms with van der Waals surface area (Å²) in [5, 5.41) is 12.7. The van der Waals surface area contributed by atoms with Crippen LogP contribution < -0.4 is 5.32 Å². The van der Waals surface area contributed by atoms with E-state index in [9.17, 15) is 14.0 Å². The van der Waals surface area contributed by atoms with Gasteiger partial charge in [0.1, 0.15) is 11.9 Å². The van der Waals surface area contributed by atoms with E-state index in [1.165, 1.54) is 6.07 Å². The molecule has 0 radical (unpaired) electrons. The minimum Gasteiger partial charge on any atom is -0.480 e. The van der Waals surface area contributed by atoms with Crippen molar-refractivity contribution in [3.8, 4) is 0 Å². The van der Waals surface area contributed by atoms with Crippen LogP contribution in [0.1, 0.15) is 10.4 Å². The summed E-state index contributed by atoms with van der Waals surface area (Å²) in [7, 11) is 0. The van der Waals surface area contributed by atoms with E-state index in [0.717, 1.165) is 5.39 Å². The van der Waals surface area contributed by atoms with Gasteiger partial charge in [0.2, 0.25) is 0 Å². The molecule has 21 heavy (non-hydrogen) atoms. The Morgan fingerprint density at radius 2 is 1.95 bits per heavy atom. The quantitative estimate of drug-likeness (QED) is 0.565. The van der Waals surface area contributed by atoms with Crippen LogP contribution in [0.3, 0.4) is 0 Å². The number of halogens is 1. The van der Waals surface area contributed by atoms with Crippen LogP contribution in [-0.4, -0.2) is 35.2 Å². The number of ketones is 1. The van der Waals surface area contributed by atoms with Crippen molar-refractivity contribution >= 4 is 35.2 Å². The number of thiol groups is 1. The Balaban J connectivity index is 2.27. The average Bonchev–Trinajstić information content (AvgIpc) is 2.47. The molecule has 0 saturated carbocycles. The van der Waals surface area contributed by atoms with Crippen molar-refractivity contribution in [3.63, 3.8) is 0 Å². The van der Waals surface area contributed by atoms with E-state index in [1.807, 2.05) is 0 Å². The van der Waals surface area contributed by atoms with Gasteiger partial charge >= 0.3 is 5.97 Å². The van der Waals surface area contributed by atoms with Crippen molar-refractivity contribution in [1.82, 2.24) is 5.32 Å². The third-order valence-corrected chi connectivity index (χ3v) is 3.51. The molecule has 0 aliphatic carbocycles. The van der Waals surface area contributed by atoms with E-state index in [0.29, 0.717) is 5.39 Å². The van der Waals surface area contributed by atoms with Gasteiger partial charge in [-0.05, 0) is 16.8 Å². The van der Waals surface area contributed by atoms with Crippen LogP contribution in [0, 0.1) is 5.82 Å². The number of fused-ring (bicyclic) bond motifs is 1. The van der Waals surface area contributed by atoms with E-state index in [2.05, 4.69) is 17.9 Å². The Labute approximate surface area is 126 Å². The molecule has 0 heterocycles. The fourth-order valence-corrected chi connectivity index (χ4v) is 2.35. The highest BCUT2D eigenvalue weighted by atomic mass is 32.1. The first-order chi connectivity index (χ1) is 10.0. The van der Waals surface area contributed by atoms with Crippen LogP contribution in [0.25, 0.3) is 10.8 Å². The summed E-state index contributed by atoms with van der Waals surface area (Å²) in [4.78, 5) is 23.1. The van der Waals surface area contributed by atoms with Crippen molar-refractivity contribution in [1.29, 1.82) is 0 Å². The maximum atomic E-state index is 14.0. The number of hydrogen-bond acceptors (Lipinski definition) is 4. The summed E-state index contributed by atoms with van der Waals surface area (Å²) in [5.41, 5.74) is -0.0242. The molecule has 2 N–H and O–H groups in total. The Kier molecular flexibility index (Phi) is 4.93. The van der Waals surface area contributed by atoms with Crippen LogP contribution in [-0.2, 0) is 4.79 Å². The van der Waals surface area contributed by atoms with Crippen molar-refractivity contribution in [2.24, 2.45) is 0 Å². The molecule has 0 spiro atoms. The number of benzene rings is 2. The summed E-state index contributed by atoms with van der Waals surface area (Å²) in [6, 6.07) is 8.86. The number of rotatable bonds is 6. The van der Waals surface area contributed by atoms with E-state index >= 15 is 0 Å². The molecule has 0 aliphatic rings. The summed E-state index contributed by atoms with van der Waals surface area (Å²) in [5.74, 6) is -2.16. The zero-order valence-corrected chi connectivity index (χ0v) is 11.9.